The molecular formula is C29H33BrN2O3. The Labute approximate surface area is 216 Å². The molecule has 1 N–H and O–H groups in total. The van der Waals surface area contributed by atoms with Crippen LogP contribution in [-0.4, -0.2) is 35.9 Å². The number of amides is 2. The highest BCUT2D eigenvalue weighted by Gasteiger charge is 2.30. The minimum Gasteiger partial charge on any atom is -0.484 e. The van der Waals surface area contributed by atoms with Crippen LogP contribution in [0.4, 0.5) is 0 Å². The number of rotatable bonds is 10. The second-order valence-electron chi connectivity index (χ2n) is 8.71. The van der Waals surface area contributed by atoms with Gasteiger partial charge in [-0.25, -0.2) is 0 Å². The normalized spacial score (nSPS) is 11.6. The fraction of sp³-hybridized carbons (Fsp3) is 0.310. The van der Waals surface area contributed by atoms with Gasteiger partial charge in [-0.3, -0.25) is 9.59 Å². The average Bonchev–Trinajstić information content (AvgIpc) is 2.85. The maximum atomic E-state index is 13.6. The molecule has 0 bridgehead atoms. The Balaban J connectivity index is 1.91. The van der Waals surface area contributed by atoms with Crippen molar-refractivity contribution < 1.29 is 14.3 Å². The van der Waals surface area contributed by atoms with E-state index in [1.54, 1.807) is 4.90 Å². The van der Waals surface area contributed by atoms with Crippen molar-refractivity contribution in [3.63, 3.8) is 0 Å². The molecule has 0 aliphatic carbocycles. The Hall–Kier alpha value is -3.12. The van der Waals surface area contributed by atoms with Gasteiger partial charge in [-0.2, -0.15) is 0 Å². The third-order valence-corrected chi connectivity index (χ3v) is 7.25. The maximum absolute atomic E-state index is 13.6. The third-order valence-electron chi connectivity index (χ3n) is 6.00. The third kappa shape index (κ3) is 7.18. The van der Waals surface area contributed by atoms with Gasteiger partial charge in [0.25, 0.3) is 5.91 Å². The van der Waals surface area contributed by atoms with Gasteiger partial charge < -0.3 is 15.0 Å². The van der Waals surface area contributed by atoms with E-state index >= 15 is 0 Å². The van der Waals surface area contributed by atoms with Crippen LogP contribution in [0.15, 0.2) is 71.2 Å². The second kappa shape index (κ2) is 12.5. The van der Waals surface area contributed by atoms with Gasteiger partial charge in [-0.15, -0.1) is 0 Å². The van der Waals surface area contributed by atoms with Crippen molar-refractivity contribution >= 4 is 27.7 Å². The highest BCUT2D eigenvalue weighted by molar-refractivity contribution is 9.10. The Bertz CT molecular complexity index is 1140. The first kappa shape index (κ1) is 26.5. The summed E-state index contributed by atoms with van der Waals surface area (Å²) in [5, 5.41) is 2.92. The lowest BCUT2D eigenvalue weighted by Gasteiger charge is -2.32. The zero-order valence-corrected chi connectivity index (χ0v) is 22.4. The molecule has 0 spiro atoms. The summed E-state index contributed by atoms with van der Waals surface area (Å²) >= 11 is 3.57. The lowest BCUT2D eigenvalue weighted by Crippen LogP contribution is -2.51. The van der Waals surface area contributed by atoms with Crippen molar-refractivity contribution in [3.05, 3.63) is 99.0 Å². The lowest BCUT2D eigenvalue weighted by molar-refractivity contribution is -0.142. The molecule has 35 heavy (non-hydrogen) atoms. The van der Waals surface area contributed by atoms with E-state index in [0.29, 0.717) is 25.3 Å². The Morgan fingerprint density at radius 1 is 0.943 bits per heavy atom. The number of hydrogen-bond acceptors (Lipinski definition) is 3. The van der Waals surface area contributed by atoms with Crippen LogP contribution in [0.1, 0.15) is 34.7 Å². The summed E-state index contributed by atoms with van der Waals surface area (Å²) in [6, 6.07) is 20.9. The fourth-order valence-corrected chi connectivity index (χ4v) is 4.26. The fourth-order valence-electron chi connectivity index (χ4n) is 4.03. The SMILES string of the molecule is CCNC(=O)[C@@H](Cc1ccccc1)N(Cc1ccccc1C)C(=O)COc1cc(C)c(Br)c(C)c1. The van der Waals surface area contributed by atoms with E-state index in [1.807, 2.05) is 94.4 Å². The second-order valence-corrected chi connectivity index (χ2v) is 9.50. The van der Waals surface area contributed by atoms with Gasteiger partial charge in [0.2, 0.25) is 5.91 Å². The predicted molar refractivity (Wildman–Crippen MR) is 143 cm³/mol. The quantitative estimate of drug-likeness (QED) is 0.370. The molecule has 0 saturated carbocycles. The van der Waals surface area contributed by atoms with Gasteiger partial charge in [0, 0.05) is 24.0 Å². The summed E-state index contributed by atoms with van der Waals surface area (Å²) in [5.41, 5.74) is 5.13. The van der Waals surface area contributed by atoms with Crippen molar-refractivity contribution in [2.45, 2.75) is 46.7 Å². The summed E-state index contributed by atoms with van der Waals surface area (Å²) in [4.78, 5) is 28.5. The largest absolute Gasteiger partial charge is 0.484 e. The Morgan fingerprint density at radius 2 is 1.57 bits per heavy atom. The molecule has 184 valence electrons. The molecule has 0 aliphatic rings. The van der Waals surface area contributed by atoms with Crippen LogP contribution < -0.4 is 10.1 Å². The van der Waals surface area contributed by atoms with Crippen molar-refractivity contribution in [1.82, 2.24) is 10.2 Å². The van der Waals surface area contributed by atoms with Gasteiger partial charge >= 0.3 is 0 Å². The van der Waals surface area contributed by atoms with Crippen LogP contribution in [0.5, 0.6) is 5.75 Å². The lowest BCUT2D eigenvalue weighted by atomic mass is 10.0. The zero-order chi connectivity index (χ0) is 25.4. The van der Waals surface area contributed by atoms with Gasteiger partial charge in [0.15, 0.2) is 6.61 Å². The van der Waals surface area contributed by atoms with Gasteiger partial charge in [-0.05, 0) is 67.6 Å². The highest BCUT2D eigenvalue weighted by Crippen LogP contribution is 2.26. The van der Waals surface area contributed by atoms with E-state index in [1.165, 1.54) is 0 Å². The molecule has 3 aromatic rings. The average molecular weight is 537 g/mol. The number of nitrogens with one attached hydrogen (secondary N) is 1. The number of ether oxygens (including phenoxy) is 1. The zero-order valence-electron chi connectivity index (χ0n) is 20.8. The molecule has 0 radical (unpaired) electrons. The standard InChI is InChI=1S/C29H33BrN2O3/c1-5-31-29(34)26(17-23-12-7-6-8-13-23)32(18-24-14-10-9-11-20(24)2)27(33)19-35-25-15-21(3)28(30)22(4)16-25/h6-16,26H,5,17-19H2,1-4H3,(H,31,34)/t26-/m1/s1. The number of halogens is 1. The number of likely N-dealkylation sites (N-methyl/N-ethyl adjacent to an activating group) is 1. The van der Waals surface area contributed by atoms with Crippen molar-refractivity contribution in [2.24, 2.45) is 0 Å². The summed E-state index contributed by atoms with van der Waals surface area (Å²) in [6.07, 6.45) is 0.417. The van der Waals surface area contributed by atoms with Crippen LogP contribution in [0.3, 0.4) is 0 Å². The molecule has 0 unspecified atom stereocenters. The first-order valence-corrected chi connectivity index (χ1v) is 12.6. The number of nitrogens with zero attached hydrogens (tertiary/aromatic N) is 1. The molecule has 6 heteroatoms. The molecule has 0 aliphatic heterocycles. The molecule has 0 saturated heterocycles. The number of benzene rings is 3. The van der Waals surface area contributed by atoms with Crippen molar-refractivity contribution in [2.75, 3.05) is 13.2 Å². The summed E-state index contributed by atoms with van der Waals surface area (Å²) in [7, 11) is 0. The molecule has 5 nitrogen and oxygen atoms in total. The minimum atomic E-state index is -0.665. The number of hydrogen-bond donors (Lipinski definition) is 1. The molecule has 3 rings (SSSR count). The van der Waals surface area contributed by atoms with Crippen LogP contribution >= 0.6 is 15.9 Å². The smallest absolute Gasteiger partial charge is 0.261 e. The Morgan fingerprint density at radius 3 is 2.20 bits per heavy atom. The minimum absolute atomic E-state index is 0.156. The van der Waals surface area contributed by atoms with E-state index < -0.39 is 6.04 Å². The molecule has 2 amide bonds. The monoisotopic (exact) mass is 536 g/mol. The molecule has 1 atom stereocenters. The van der Waals surface area contributed by atoms with E-state index in [-0.39, 0.29) is 18.4 Å². The number of aryl methyl sites for hydroxylation is 3. The Kier molecular flexibility index (Phi) is 9.49. The number of carbonyl (C=O) groups is 2. The van der Waals surface area contributed by atoms with Gasteiger partial charge in [-0.1, -0.05) is 70.5 Å². The first-order valence-electron chi connectivity index (χ1n) is 11.8. The summed E-state index contributed by atoms with van der Waals surface area (Å²) in [6.45, 7) is 8.53. The van der Waals surface area contributed by atoms with Crippen molar-refractivity contribution in [3.8, 4) is 5.75 Å². The van der Waals surface area contributed by atoms with E-state index in [9.17, 15) is 9.59 Å². The summed E-state index contributed by atoms with van der Waals surface area (Å²) in [5.74, 6) is 0.220. The maximum Gasteiger partial charge on any atom is 0.261 e. The molecular weight excluding hydrogens is 504 g/mol. The predicted octanol–water partition coefficient (Wildman–Crippen LogP) is 5.53. The molecule has 0 aromatic heterocycles. The first-order chi connectivity index (χ1) is 16.8. The van der Waals surface area contributed by atoms with E-state index in [4.69, 9.17) is 4.74 Å². The van der Waals surface area contributed by atoms with Crippen LogP contribution in [0, 0.1) is 20.8 Å². The van der Waals surface area contributed by atoms with Crippen molar-refractivity contribution in [1.29, 1.82) is 0 Å². The molecule has 3 aromatic carbocycles. The highest BCUT2D eigenvalue weighted by atomic mass is 79.9. The summed E-state index contributed by atoms with van der Waals surface area (Å²) < 4.78 is 6.95. The number of carbonyl (C=O) groups excluding carboxylic acids is 2. The van der Waals surface area contributed by atoms with Crippen LogP contribution in [0.25, 0.3) is 0 Å². The molecule has 0 heterocycles. The van der Waals surface area contributed by atoms with Crippen LogP contribution in [-0.2, 0) is 22.6 Å². The van der Waals surface area contributed by atoms with E-state index in [0.717, 1.165) is 32.3 Å². The van der Waals surface area contributed by atoms with Gasteiger partial charge in [0.1, 0.15) is 11.8 Å². The molecule has 0 fully saturated rings. The van der Waals surface area contributed by atoms with Gasteiger partial charge in [0.05, 0.1) is 0 Å². The van der Waals surface area contributed by atoms with E-state index in [2.05, 4.69) is 21.2 Å². The van der Waals surface area contributed by atoms with Crippen LogP contribution in [0.2, 0.25) is 0 Å². The topological polar surface area (TPSA) is 58.6 Å².